The number of fused-ring (bicyclic) bond motifs is 2. The molecule has 3 aromatic rings. The molecule has 24 heavy (non-hydrogen) atoms. The normalized spacial score (nSPS) is 14.7. The summed E-state index contributed by atoms with van der Waals surface area (Å²) < 4.78 is 0. The standard InChI is InChI=1S/C22H18N2/c1-2-7-16(8-3-1)15-20-18-10-6-9-17-13-14-24(22(17)18)21-12-5-4-11-19(21)23-20/h1-12H,13-15H2. The van der Waals surface area contributed by atoms with Crippen molar-refractivity contribution >= 4 is 22.8 Å². The van der Waals surface area contributed by atoms with Crippen LogP contribution in [0.3, 0.4) is 0 Å². The third-order valence-corrected chi connectivity index (χ3v) is 4.95. The van der Waals surface area contributed by atoms with Gasteiger partial charge in [-0.15, -0.1) is 0 Å². The molecule has 0 saturated carbocycles. The molecule has 0 bridgehead atoms. The van der Waals surface area contributed by atoms with Crippen LogP contribution < -0.4 is 4.90 Å². The molecule has 0 atom stereocenters. The molecule has 2 heterocycles. The van der Waals surface area contributed by atoms with E-state index in [2.05, 4.69) is 77.7 Å². The van der Waals surface area contributed by atoms with Crippen molar-refractivity contribution in [1.82, 2.24) is 0 Å². The van der Waals surface area contributed by atoms with Crippen molar-refractivity contribution in [3.63, 3.8) is 0 Å². The summed E-state index contributed by atoms with van der Waals surface area (Å²) in [5.74, 6) is 0. The highest BCUT2D eigenvalue weighted by molar-refractivity contribution is 6.11. The number of hydrogen-bond acceptors (Lipinski definition) is 2. The molecule has 2 heteroatoms. The maximum Gasteiger partial charge on any atom is 0.0870 e. The summed E-state index contributed by atoms with van der Waals surface area (Å²) >= 11 is 0. The zero-order valence-electron chi connectivity index (χ0n) is 13.4. The molecule has 0 aromatic heterocycles. The van der Waals surface area contributed by atoms with Gasteiger partial charge in [-0.3, -0.25) is 4.99 Å². The van der Waals surface area contributed by atoms with E-state index in [-0.39, 0.29) is 0 Å². The van der Waals surface area contributed by atoms with E-state index in [4.69, 9.17) is 4.99 Å². The summed E-state index contributed by atoms with van der Waals surface area (Å²) in [5, 5.41) is 0. The van der Waals surface area contributed by atoms with Crippen molar-refractivity contribution in [2.24, 2.45) is 4.99 Å². The molecule has 2 aliphatic rings. The van der Waals surface area contributed by atoms with E-state index >= 15 is 0 Å². The number of nitrogens with zero attached hydrogens (tertiary/aromatic N) is 2. The van der Waals surface area contributed by atoms with E-state index in [1.54, 1.807) is 0 Å². The molecule has 3 aromatic carbocycles. The Morgan fingerprint density at radius 3 is 2.58 bits per heavy atom. The van der Waals surface area contributed by atoms with E-state index in [9.17, 15) is 0 Å². The molecule has 5 rings (SSSR count). The van der Waals surface area contributed by atoms with Gasteiger partial charge in [0.15, 0.2) is 0 Å². The van der Waals surface area contributed by atoms with Gasteiger partial charge >= 0.3 is 0 Å². The summed E-state index contributed by atoms with van der Waals surface area (Å²) in [5.41, 5.74) is 8.85. The Morgan fingerprint density at radius 2 is 1.67 bits per heavy atom. The van der Waals surface area contributed by atoms with E-state index < -0.39 is 0 Å². The first-order chi connectivity index (χ1) is 11.9. The Balaban J connectivity index is 1.73. The molecule has 0 spiro atoms. The van der Waals surface area contributed by atoms with Crippen molar-refractivity contribution in [2.75, 3.05) is 11.4 Å². The first-order valence-electron chi connectivity index (χ1n) is 8.50. The Labute approximate surface area is 142 Å². The summed E-state index contributed by atoms with van der Waals surface area (Å²) in [7, 11) is 0. The molecule has 0 fully saturated rings. The van der Waals surface area contributed by atoms with Crippen LogP contribution in [0.5, 0.6) is 0 Å². The number of hydrogen-bond donors (Lipinski definition) is 0. The van der Waals surface area contributed by atoms with E-state index in [1.807, 2.05) is 0 Å². The molecular weight excluding hydrogens is 292 g/mol. The molecule has 0 N–H and O–H groups in total. The lowest BCUT2D eigenvalue weighted by Gasteiger charge is -2.21. The van der Waals surface area contributed by atoms with Gasteiger partial charge in [-0.05, 0) is 29.7 Å². The lowest BCUT2D eigenvalue weighted by Crippen LogP contribution is -2.15. The lowest BCUT2D eigenvalue weighted by molar-refractivity contribution is 0.999. The molecular formula is C22H18N2. The van der Waals surface area contributed by atoms with Gasteiger partial charge in [0.05, 0.1) is 22.8 Å². The average molecular weight is 310 g/mol. The van der Waals surface area contributed by atoms with Crippen LogP contribution >= 0.6 is 0 Å². The summed E-state index contributed by atoms with van der Waals surface area (Å²) in [4.78, 5) is 7.52. The fourth-order valence-electron chi connectivity index (χ4n) is 3.85. The highest BCUT2D eigenvalue weighted by atomic mass is 15.2. The zero-order valence-corrected chi connectivity index (χ0v) is 13.4. The maximum atomic E-state index is 5.08. The second-order valence-electron chi connectivity index (χ2n) is 6.42. The predicted octanol–water partition coefficient (Wildman–Crippen LogP) is 5.06. The molecule has 0 radical (unpaired) electrons. The van der Waals surface area contributed by atoms with Crippen LogP contribution in [0.15, 0.2) is 77.8 Å². The van der Waals surface area contributed by atoms with Crippen LogP contribution in [0.4, 0.5) is 17.1 Å². The third kappa shape index (κ3) is 2.07. The summed E-state index contributed by atoms with van der Waals surface area (Å²) in [6, 6.07) is 25.8. The molecule has 0 amide bonds. The molecule has 0 aliphatic carbocycles. The van der Waals surface area contributed by atoms with Gasteiger partial charge < -0.3 is 4.90 Å². The van der Waals surface area contributed by atoms with Crippen LogP contribution in [0.2, 0.25) is 0 Å². The Kier molecular flexibility index (Phi) is 3.02. The number of benzene rings is 3. The van der Waals surface area contributed by atoms with Gasteiger partial charge in [-0.2, -0.15) is 0 Å². The second kappa shape index (κ2) is 5.34. The van der Waals surface area contributed by atoms with Crippen molar-refractivity contribution < 1.29 is 0 Å². The van der Waals surface area contributed by atoms with Crippen LogP contribution in [-0.4, -0.2) is 12.3 Å². The second-order valence-corrected chi connectivity index (χ2v) is 6.42. The van der Waals surface area contributed by atoms with E-state index in [0.717, 1.165) is 30.8 Å². The van der Waals surface area contributed by atoms with Gasteiger partial charge in [0, 0.05) is 18.5 Å². The van der Waals surface area contributed by atoms with Crippen molar-refractivity contribution in [3.05, 3.63) is 89.5 Å². The number of aliphatic imine (C=N–C) groups is 1. The lowest BCUT2D eigenvalue weighted by atomic mass is 9.98. The highest BCUT2D eigenvalue weighted by Crippen LogP contribution is 2.44. The van der Waals surface area contributed by atoms with Crippen LogP contribution in [0, 0.1) is 0 Å². The van der Waals surface area contributed by atoms with Gasteiger partial charge in [-0.25, -0.2) is 0 Å². The summed E-state index contributed by atoms with van der Waals surface area (Å²) in [6.45, 7) is 1.04. The quantitative estimate of drug-likeness (QED) is 0.646. The predicted molar refractivity (Wildman–Crippen MR) is 99.9 cm³/mol. The first-order valence-corrected chi connectivity index (χ1v) is 8.50. The van der Waals surface area contributed by atoms with Gasteiger partial charge in [0.25, 0.3) is 0 Å². The van der Waals surface area contributed by atoms with Crippen LogP contribution in [-0.2, 0) is 12.8 Å². The van der Waals surface area contributed by atoms with Crippen molar-refractivity contribution in [2.45, 2.75) is 12.8 Å². The SMILES string of the molecule is c1ccc(CC2=Nc3ccccc3N3CCc4cccc2c43)cc1. The number of para-hydroxylation sites is 3. The molecule has 2 aliphatic heterocycles. The van der Waals surface area contributed by atoms with Crippen LogP contribution in [0.25, 0.3) is 0 Å². The first kappa shape index (κ1) is 13.6. The highest BCUT2D eigenvalue weighted by Gasteiger charge is 2.29. The average Bonchev–Trinajstić information content (AvgIpc) is 3.01. The fourth-order valence-corrected chi connectivity index (χ4v) is 3.85. The molecule has 0 saturated heterocycles. The smallest absolute Gasteiger partial charge is 0.0870 e. The largest absolute Gasteiger partial charge is 0.339 e. The minimum absolute atomic E-state index is 0.861. The van der Waals surface area contributed by atoms with Crippen LogP contribution in [0.1, 0.15) is 16.7 Å². The minimum atomic E-state index is 0.861. The molecule has 2 nitrogen and oxygen atoms in total. The summed E-state index contributed by atoms with van der Waals surface area (Å²) in [6.07, 6.45) is 1.97. The number of anilines is 2. The van der Waals surface area contributed by atoms with Gasteiger partial charge in [-0.1, -0.05) is 60.7 Å². The zero-order chi connectivity index (χ0) is 15.9. The fraction of sp³-hybridized carbons (Fsp3) is 0.136. The minimum Gasteiger partial charge on any atom is -0.339 e. The van der Waals surface area contributed by atoms with Gasteiger partial charge in [0.1, 0.15) is 0 Å². The van der Waals surface area contributed by atoms with Crippen molar-refractivity contribution in [1.29, 1.82) is 0 Å². The Hall–Kier alpha value is -2.87. The topological polar surface area (TPSA) is 15.6 Å². The maximum absolute atomic E-state index is 5.08. The monoisotopic (exact) mass is 310 g/mol. The van der Waals surface area contributed by atoms with E-state index in [0.29, 0.717) is 0 Å². The van der Waals surface area contributed by atoms with Gasteiger partial charge in [0.2, 0.25) is 0 Å². The number of rotatable bonds is 2. The van der Waals surface area contributed by atoms with Crippen molar-refractivity contribution in [3.8, 4) is 0 Å². The Bertz CT molecular complexity index is 941. The Morgan fingerprint density at radius 1 is 0.833 bits per heavy atom. The third-order valence-electron chi connectivity index (χ3n) is 4.95. The molecule has 0 unspecified atom stereocenters. The van der Waals surface area contributed by atoms with E-state index in [1.165, 1.54) is 28.1 Å². The molecule has 116 valence electrons.